The van der Waals surface area contributed by atoms with Crippen LogP contribution in [0.5, 0.6) is 11.5 Å². The van der Waals surface area contributed by atoms with Crippen molar-refractivity contribution in [3.05, 3.63) is 18.2 Å². The van der Waals surface area contributed by atoms with Crippen LogP contribution in [0.15, 0.2) is 23.2 Å². The number of rotatable bonds is 4. The molecule has 1 heterocycles. The SMILES string of the molecule is CN=C(NCCN(C)C(=O)OC(C)(C)C)Nc1ccc2c(c1)OCCCO2.I. The second-order valence-electron chi connectivity index (χ2n) is 7.24. The molecule has 0 aliphatic carbocycles. The maximum absolute atomic E-state index is 12.0. The van der Waals surface area contributed by atoms with E-state index in [1.807, 2.05) is 39.0 Å². The first-order chi connectivity index (χ1) is 12.8. The van der Waals surface area contributed by atoms with Crippen molar-refractivity contribution in [2.24, 2.45) is 4.99 Å². The van der Waals surface area contributed by atoms with Gasteiger partial charge in [0, 0.05) is 45.4 Å². The minimum absolute atomic E-state index is 0. The average molecular weight is 506 g/mol. The predicted octanol–water partition coefficient (Wildman–Crippen LogP) is 3.32. The van der Waals surface area contributed by atoms with Gasteiger partial charge in [0.15, 0.2) is 17.5 Å². The van der Waals surface area contributed by atoms with Crippen LogP contribution in [-0.4, -0.2) is 63.0 Å². The summed E-state index contributed by atoms with van der Waals surface area (Å²) < 4.78 is 16.7. The van der Waals surface area contributed by atoms with Crippen molar-refractivity contribution in [1.82, 2.24) is 10.2 Å². The van der Waals surface area contributed by atoms with Crippen LogP contribution in [0, 0.1) is 0 Å². The largest absolute Gasteiger partial charge is 0.490 e. The lowest BCUT2D eigenvalue weighted by Gasteiger charge is -2.25. The number of aliphatic imine (C=N–C) groups is 1. The monoisotopic (exact) mass is 506 g/mol. The van der Waals surface area contributed by atoms with Crippen LogP contribution < -0.4 is 20.1 Å². The minimum Gasteiger partial charge on any atom is -0.490 e. The van der Waals surface area contributed by atoms with E-state index in [1.54, 1.807) is 14.1 Å². The number of likely N-dealkylation sites (N-methyl/N-ethyl adjacent to an activating group) is 1. The van der Waals surface area contributed by atoms with E-state index in [-0.39, 0.29) is 30.1 Å². The number of halogens is 1. The summed E-state index contributed by atoms with van der Waals surface area (Å²) in [5.41, 5.74) is 0.334. The molecule has 1 aromatic carbocycles. The lowest BCUT2D eigenvalue weighted by atomic mass is 10.2. The van der Waals surface area contributed by atoms with Crippen molar-refractivity contribution in [3.63, 3.8) is 0 Å². The van der Waals surface area contributed by atoms with Crippen LogP contribution in [-0.2, 0) is 4.74 Å². The van der Waals surface area contributed by atoms with Crippen molar-refractivity contribution in [3.8, 4) is 11.5 Å². The maximum Gasteiger partial charge on any atom is 0.410 e. The molecule has 2 rings (SSSR count). The first-order valence-electron chi connectivity index (χ1n) is 9.10. The number of guanidine groups is 1. The number of anilines is 1. The lowest BCUT2D eigenvalue weighted by Crippen LogP contribution is -2.40. The zero-order valence-electron chi connectivity index (χ0n) is 17.2. The highest BCUT2D eigenvalue weighted by atomic mass is 127. The molecule has 2 N–H and O–H groups in total. The number of nitrogens with zero attached hydrogens (tertiary/aromatic N) is 2. The summed E-state index contributed by atoms with van der Waals surface area (Å²) in [4.78, 5) is 17.7. The highest BCUT2D eigenvalue weighted by molar-refractivity contribution is 14.0. The summed E-state index contributed by atoms with van der Waals surface area (Å²) in [5.74, 6) is 2.07. The van der Waals surface area contributed by atoms with Gasteiger partial charge in [-0.25, -0.2) is 4.79 Å². The Kier molecular flexibility index (Phi) is 9.63. The number of ether oxygens (including phenoxy) is 3. The molecule has 0 radical (unpaired) electrons. The Bertz CT molecular complexity index is 676. The van der Waals surface area contributed by atoms with Crippen LogP contribution in [0.1, 0.15) is 27.2 Å². The molecule has 28 heavy (non-hydrogen) atoms. The molecule has 1 aliphatic heterocycles. The molecule has 0 spiro atoms. The van der Waals surface area contributed by atoms with Crippen LogP contribution in [0.3, 0.4) is 0 Å². The van der Waals surface area contributed by atoms with Gasteiger partial charge in [-0.05, 0) is 32.9 Å². The molecular weight excluding hydrogens is 475 g/mol. The fourth-order valence-corrected chi connectivity index (χ4v) is 2.33. The highest BCUT2D eigenvalue weighted by Crippen LogP contribution is 2.32. The maximum atomic E-state index is 12.0. The van der Waals surface area contributed by atoms with E-state index in [2.05, 4.69) is 15.6 Å². The van der Waals surface area contributed by atoms with Crippen molar-refractivity contribution < 1.29 is 19.0 Å². The van der Waals surface area contributed by atoms with Gasteiger partial charge in [0.1, 0.15) is 5.60 Å². The number of fused-ring (bicyclic) bond motifs is 1. The third-order valence-corrected chi connectivity index (χ3v) is 3.68. The first kappa shape index (κ1) is 24.1. The van der Waals surface area contributed by atoms with Gasteiger partial charge < -0.3 is 29.7 Å². The molecule has 0 saturated heterocycles. The van der Waals surface area contributed by atoms with Crippen LogP contribution in [0.4, 0.5) is 10.5 Å². The van der Waals surface area contributed by atoms with Gasteiger partial charge in [0.05, 0.1) is 13.2 Å². The molecule has 1 amide bonds. The Labute approximate surface area is 184 Å². The van der Waals surface area contributed by atoms with Gasteiger partial charge in [-0.3, -0.25) is 4.99 Å². The van der Waals surface area contributed by atoms with E-state index < -0.39 is 5.60 Å². The summed E-state index contributed by atoms with van der Waals surface area (Å²) in [6.45, 7) is 7.85. The molecule has 0 bridgehead atoms. The van der Waals surface area contributed by atoms with Crippen molar-refractivity contribution in [1.29, 1.82) is 0 Å². The molecule has 0 saturated carbocycles. The van der Waals surface area contributed by atoms with Gasteiger partial charge in [-0.2, -0.15) is 0 Å². The van der Waals surface area contributed by atoms with E-state index in [1.165, 1.54) is 4.90 Å². The van der Waals surface area contributed by atoms with Gasteiger partial charge >= 0.3 is 6.09 Å². The summed E-state index contributed by atoms with van der Waals surface area (Å²) >= 11 is 0. The molecule has 0 unspecified atom stereocenters. The number of carbonyl (C=O) groups is 1. The number of amides is 1. The Morgan fingerprint density at radius 2 is 1.93 bits per heavy atom. The third-order valence-electron chi connectivity index (χ3n) is 3.68. The number of hydrogen-bond donors (Lipinski definition) is 2. The Hall–Kier alpha value is -1.91. The van der Waals surface area contributed by atoms with E-state index in [0.29, 0.717) is 32.3 Å². The zero-order chi connectivity index (χ0) is 19.9. The molecule has 158 valence electrons. The second-order valence-corrected chi connectivity index (χ2v) is 7.24. The van der Waals surface area contributed by atoms with Crippen molar-refractivity contribution in [2.75, 3.05) is 45.7 Å². The molecule has 0 atom stereocenters. The number of hydrogen-bond acceptors (Lipinski definition) is 5. The minimum atomic E-state index is -0.506. The summed E-state index contributed by atoms with van der Waals surface area (Å²) in [7, 11) is 3.39. The fourth-order valence-electron chi connectivity index (χ4n) is 2.33. The van der Waals surface area contributed by atoms with Gasteiger partial charge in [-0.15, -0.1) is 24.0 Å². The average Bonchev–Trinajstić information content (AvgIpc) is 2.84. The van der Waals surface area contributed by atoms with E-state index >= 15 is 0 Å². The second kappa shape index (κ2) is 11.2. The lowest BCUT2D eigenvalue weighted by molar-refractivity contribution is 0.0302. The Balaban J connectivity index is 0.00000392. The normalized spacial score (nSPS) is 13.7. The number of carbonyl (C=O) groups excluding carboxylic acids is 1. The molecular formula is C19H31IN4O4. The van der Waals surface area contributed by atoms with Gasteiger partial charge in [0.25, 0.3) is 0 Å². The summed E-state index contributed by atoms with van der Waals surface area (Å²) in [6.07, 6.45) is 0.515. The molecule has 8 nitrogen and oxygen atoms in total. The Morgan fingerprint density at radius 3 is 2.57 bits per heavy atom. The predicted molar refractivity (Wildman–Crippen MR) is 121 cm³/mol. The quantitative estimate of drug-likeness (QED) is 0.371. The smallest absolute Gasteiger partial charge is 0.410 e. The topological polar surface area (TPSA) is 84.4 Å². The van der Waals surface area contributed by atoms with Gasteiger partial charge in [0.2, 0.25) is 0 Å². The van der Waals surface area contributed by atoms with Gasteiger partial charge in [-0.1, -0.05) is 0 Å². The summed E-state index contributed by atoms with van der Waals surface area (Å²) in [5, 5.41) is 6.39. The number of benzene rings is 1. The fraction of sp³-hybridized carbons (Fsp3) is 0.579. The summed E-state index contributed by atoms with van der Waals surface area (Å²) in [6, 6.07) is 5.68. The van der Waals surface area contributed by atoms with E-state index in [4.69, 9.17) is 14.2 Å². The number of nitrogens with one attached hydrogen (secondary N) is 2. The zero-order valence-corrected chi connectivity index (χ0v) is 19.5. The molecule has 1 aromatic rings. The molecule has 1 aliphatic rings. The van der Waals surface area contributed by atoms with Crippen LogP contribution >= 0.6 is 24.0 Å². The molecule has 0 aromatic heterocycles. The van der Waals surface area contributed by atoms with E-state index in [0.717, 1.165) is 23.6 Å². The van der Waals surface area contributed by atoms with E-state index in [9.17, 15) is 4.79 Å². The van der Waals surface area contributed by atoms with Crippen molar-refractivity contribution in [2.45, 2.75) is 32.8 Å². The third kappa shape index (κ3) is 7.99. The first-order valence-corrected chi connectivity index (χ1v) is 9.10. The molecule has 0 fully saturated rings. The Morgan fingerprint density at radius 1 is 1.25 bits per heavy atom. The molecule has 9 heteroatoms. The van der Waals surface area contributed by atoms with Crippen LogP contribution in [0.2, 0.25) is 0 Å². The van der Waals surface area contributed by atoms with Crippen LogP contribution in [0.25, 0.3) is 0 Å². The highest BCUT2D eigenvalue weighted by Gasteiger charge is 2.19. The standard InChI is InChI=1S/C19H30N4O4.HI/c1-19(2,3)27-18(24)23(5)10-9-21-17(20-4)22-14-7-8-15-16(13-14)26-12-6-11-25-15;/h7-8,13H,6,9-12H2,1-5H3,(H2,20,21,22);1H. The van der Waals surface area contributed by atoms with Crippen molar-refractivity contribution >= 4 is 41.7 Å².